The molecular formula is C16H23FN2O. The fraction of sp³-hybridized carbons (Fsp3) is 0.625. The molecule has 1 aromatic rings. The molecule has 0 atom stereocenters. The molecule has 0 radical (unpaired) electrons. The van der Waals surface area contributed by atoms with Crippen LogP contribution in [0.2, 0.25) is 0 Å². The number of nitrogens with zero attached hydrogens (tertiary/aromatic N) is 2. The van der Waals surface area contributed by atoms with E-state index in [0.29, 0.717) is 0 Å². The number of likely N-dealkylation sites (tertiary alicyclic amines) is 1. The molecule has 0 unspecified atom stereocenters. The number of halogens is 1. The zero-order valence-electron chi connectivity index (χ0n) is 12.0. The van der Waals surface area contributed by atoms with E-state index in [1.165, 1.54) is 19.3 Å². The molecule has 0 bridgehead atoms. The van der Waals surface area contributed by atoms with Crippen LogP contribution in [0.25, 0.3) is 0 Å². The van der Waals surface area contributed by atoms with Gasteiger partial charge in [0.2, 0.25) is 0 Å². The number of benzene rings is 1. The molecule has 0 spiro atoms. The zero-order valence-corrected chi connectivity index (χ0v) is 12.0. The molecule has 2 fully saturated rings. The average Bonchev–Trinajstić information content (AvgIpc) is 2.51. The standard InChI is InChI=1S/C16H23FN2O/c17-16-12-15(19-8-10-20-11-9-19)5-4-14(16)13-18-6-2-1-3-7-18/h4-5,12H,1-3,6-11,13H2. The van der Waals surface area contributed by atoms with Crippen molar-refractivity contribution in [1.29, 1.82) is 0 Å². The smallest absolute Gasteiger partial charge is 0.129 e. The largest absolute Gasteiger partial charge is 0.378 e. The third kappa shape index (κ3) is 3.30. The van der Waals surface area contributed by atoms with Gasteiger partial charge < -0.3 is 9.64 Å². The summed E-state index contributed by atoms with van der Waals surface area (Å²) >= 11 is 0. The number of hydrogen-bond donors (Lipinski definition) is 0. The summed E-state index contributed by atoms with van der Waals surface area (Å²) in [6.07, 6.45) is 3.80. The van der Waals surface area contributed by atoms with E-state index in [1.54, 1.807) is 6.07 Å². The summed E-state index contributed by atoms with van der Waals surface area (Å²) in [5.74, 6) is -0.0698. The first-order valence-electron chi connectivity index (χ1n) is 7.66. The van der Waals surface area contributed by atoms with Gasteiger partial charge in [0.1, 0.15) is 5.82 Å². The number of hydrogen-bond acceptors (Lipinski definition) is 3. The van der Waals surface area contributed by atoms with Crippen molar-refractivity contribution in [2.75, 3.05) is 44.3 Å². The van der Waals surface area contributed by atoms with E-state index >= 15 is 0 Å². The molecule has 4 heteroatoms. The van der Waals surface area contributed by atoms with Crippen molar-refractivity contribution in [2.45, 2.75) is 25.8 Å². The third-order valence-corrected chi connectivity index (χ3v) is 4.26. The highest BCUT2D eigenvalue weighted by Gasteiger charge is 2.15. The molecule has 3 nitrogen and oxygen atoms in total. The van der Waals surface area contributed by atoms with E-state index < -0.39 is 0 Å². The fourth-order valence-electron chi connectivity index (χ4n) is 3.04. The Balaban J connectivity index is 1.66. The van der Waals surface area contributed by atoms with Crippen LogP contribution in [-0.4, -0.2) is 44.3 Å². The van der Waals surface area contributed by atoms with E-state index in [4.69, 9.17) is 4.74 Å². The minimum atomic E-state index is -0.0698. The van der Waals surface area contributed by atoms with Gasteiger partial charge >= 0.3 is 0 Å². The molecule has 110 valence electrons. The van der Waals surface area contributed by atoms with Gasteiger partial charge in [0, 0.05) is 30.9 Å². The number of rotatable bonds is 3. The summed E-state index contributed by atoms with van der Waals surface area (Å²) in [7, 11) is 0. The van der Waals surface area contributed by atoms with Gasteiger partial charge in [0.15, 0.2) is 0 Å². The maximum Gasteiger partial charge on any atom is 0.129 e. The SMILES string of the molecule is Fc1cc(N2CCOCC2)ccc1CN1CCCCC1. The van der Waals surface area contributed by atoms with Crippen molar-refractivity contribution in [1.82, 2.24) is 4.90 Å². The first kappa shape index (κ1) is 13.8. The molecule has 0 N–H and O–H groups in total. The van der Waals surface area contributed by atoms with E-state index in [0.717, 1.165) is 57.2 Å². The van der Waals surface area contributed by atoms with Crippen molar-refractivity contribution in [3.8, 4) is 0 Å². The molecule has 2 aliphatic rings. The summed E-state index contributed by atoms with van der Waals surface area (Å²) in [5, 5.41) is 0. The van der Waals surface area contributed by atoms with Crippen LogP contribution in [0, 0.1) is 5.82 Å². The van der Waals surface area contributed by atoms with Crippen LogP contribution >= 0.6 is 0 Å². The molecule has 2 heterocycles. The molecule has 3 rings (SSSR count). The van der Waals surface area contributed by atoms with Gasteiger partial charge in [-0.2, -0.15) is 0 Å². The summed E-state index contributed by atoms with van der Waals surface area (Å²) in [5.41, 5.74) is 1.80. The lowest BCUT2D eigenvalue weighted by atomic mass is 10.1. The topological polar surface area (TPSA) is 15.7 Å². The van der Waals surface area contributed by atoms with Gasteiger partial charge in [-0.3, -0.25) is 4.90 Å². The van der Waals surface area contributed by atoms with Gasteiger partial charge in [-0.1, -0.05) is 12.5 Å². The molecule has 2 saturated heterocycles. The monoisotopic (exact) mass is 278 g/mol. The number of ether oxygens (including phenoxy) is 1. The van der Waals surface area contributed by atoms with Crippen molar-refractivity contribution >= 4 is 5.69 Å². The highest BCUT2D eigenvalue weighted by Crippen LogP contribution is 2.22. The maximum atomic E-state index is 14.3. The Hall–Kier alpha value is -1.13. The van der Waals surface area contributed by atoms with E-state index in [1.807, 2.05) is 12.1 Å². The van der Waals surface area contributed by atoms with Gasteiger partial charge in [-0.25, -0.2) is 4.39 Å². The van der Waals surface area contributed by atoms with E-state index in [-0.39, 0.29) is 5.82 Å². The van der Waals surface area contributed by atoms with Crippen molar-refractivity contribution in [2.24, 2.45) is 0 Å². The van der Waals surface area contributed by atoms with Crippen LogP contribution in [0.1, 0.15) is 24.8 Å². The predicted molar refractivity (Wildman–Crippen MR) is 78.6 cm³/mol. The number of morpholine rings is 1. The van der Waals surface area contributed by atoms with Crippen LogP contribution in [0.3, 0.4) is 0 Å². The lowest BCUT2D eigenvalue weighted by molar-refractivity contribution is 0.122. The minimum Gasteiger partial charge on any atom is -0.378 e. The van der Waals surface area contributed by atoms with Crippen LogP contribution in [0.15, 0.2) is 18.2 Å². The second-order valence-corrected chi connectivity index (χ2v) is 5.71. The molecule has 2 aliphatic heterocycles. The Morgan fingerprint density at radius 2 is 1.75 bits per heavy atom. The number of anilines is 1. The first-order chi connectivity index (χ1) is 9.83. The van der Waals surface area contributed by atoms with Gasteiger partial charge in [0.05, 0.1) is 13.2 Å². The number of piperidine rings is 1. The van der Waals surface area contributed by atoms with Crippen LogP contribution in [-0.2, 0) is 11.3 Å². The molecule has 20 heavy (non-hydrogen) atoms. The highest BCUT2D eigenvalue weighted by atomic mass is 19.1. The Morgan fingerprint density at radius 1 is 1.00 bits per heavy atom. The van der Waals surface area contributed by atoms with Gasteiger partial charge in [-0.05, 0) is 38.1 Å². The second kappa shape index (κ2) is 6.55. The van der Waals surface area contributed by atoms with Crippen molar-refractivity contribution in [3.63, 3.8) is 0 Å². The molecule has 0 aliphatic carbocycles. The normalized spacial score (nSPS) is 21.1. The molecule has 0 amide bonds. The van der Waals surface area contributed by atoms with E-state index in [9.17, 15) is 4.39 Å². The summed E-state index contributed by atoms with van der Waals surface area (Å²) in [4.78, 5) is 4.55. The Bertz CT molecular complexity index is 440. The molecular weight excluding hydrogens is 255 g/mol. The van der Waals surface area contributed by atoms with Gasteiger partial charge in [-0.15, -0.1) is 0 Å². The second-order valence-electron chi connectivity index (χ2n) is 5.71. The molecule has 0 aromatic heterocycles. The summed E-state index contributed by atoms with van der Waals surface area (Å²) < 4.78 is 19.6. The van der Waals surface area contributed by atoms with Crippen LogP contribution in [0.5, 0.6) is 0 Å². The van der Waals surface area contributed by atoms with Crippen molar-refractivity contribution in [3.05, 3.63) is 29.6 Å². The quantitative estimate of drug-likeness (QED) is 0.845. The minimum absolute atomic E-state index is 0.0698. The lowest BCUT2D eigenvalue weighted by Gasteiger charge is -2.30. The Morgan fingerprint density at radius 3 is 2.45 bits per heavy atom. The Kier molecular flexibility index (Phi) is 4.53. The highest BCUT2D eigenvalue weighted by molar-refractivity contribution is 5.48. The average molecular weight is 278 g/mol. The van der Waals surface area contributed by atoms with Crippen LogP contribution < -0.4 is 4.90 Å². The predicted octanol–water partition coefficient (Wildman–Crippen LogP) is 2.65. The third-order valence-electron chi connectivity index (χ3n) is 4.26. The summed E-state index contributed by atoms with van der Waals surface area (Å²) in [6, 6.07) is 5.69. The van der Waals surface area contributed by atoms with E-state index in [2.05, 4.69) is 9.80 Å². The zero-order chi connectivity index (χ0) is 13.8. The maximum absolute atomic E-state index is 14.3. The molecule has 1 aromatic carbocycles. The Labute approximate surface area is 120 Å². The van der Waals surface area contributed by atoms with Crippen molar-refractivity contribution < 1.29 is 9.13 Å². The first-order valence-corrected chi connectivity index (χ1v) is 7.66. The van der Waals surface area contributed by atoms with Crippen LogP contribution in [0.4, 0.5) is 10.1 Å². The lowest BCUT2D eigenvalue weighted by Crippen LogP contribution is -2.36. The summed E-state index contributed by atoms with van der Waals surface area (Å²) in [6.45, 7) is 6.12. The molecule has 0 saturated carbocycles. The van der Waals surface area contributed by atoms with Gasteiger partial charge in [0.25, 0.3) is 0 Å². The fourth-order valence-corrected chi connectivity index (χ4v) is 3.04.